The van der Waals surface area contributed by atoms with Gasteiger partial charge in [-0.15, -0.1) is 0 Å². The van der Waals surface area contributed by atoms with Crippen molar-refractivity contribution in [3.05, 3.63) is 28.3 Å². The van der Waals surface area contributed by atoms with Crippen molar-refractivity contribution < 1.29 is 9.84 Å². The van der Waals surface area contributed by atoms with E-state index in [1.807, 2.05) is 0 Å². The number of rotatable bonds is 3. The van der Waals surface area contributed by atoms with Crippen LogP contribution in [0.25, 0.3) is 0 Å². The molecule has 0 heterocycles. The van der Waals surface area contributed by atoms with Crippen LogP contribution in [0.4, 0.5) is 0 Å². The molecule has 2 heteroatoms. The van der Waals surface area contributed by atoms with Gasteiger partial charge in [0.1, 0.15) is 5.75 Å². The maximum Gasteiger partial charge on any atom is 0.124 e. The highest BCUT2D eigenvalue weighted by Gasteiger charge is 2.39. The Labute approximate surface area is 104 Å². The van der Waals surface area contributed by atoms with Crippen LogP contribution in [-0.4, -0.2) is 18.8 Å². The normalized spacial score (nSPS) is 17.7. The van der Waals surface area contributed by atoms with Crippen molar-refractivity contribution in [1.82, 2.24) is 0 Å². The fourth-order valence-electron chi connectivity index (χ4n) is 3.04. The fraction of sp³-hybridized carbons (Fsp3) is 0.600. The summed E-state index contributed by atoms with van der Waals surface area (Å²) >= 11 is 0. The number of ether oxygens (including phenoxy) is 1. The van der Waals surface area contributed by atoms with Crippen molar-refractivity contribution in [2.24, 2.45) is 0 Å². The summed E-state index contributed by atoms with van der Waals surface area (Å²) < 4.78 is 5.45. The number of methoxy groups -OCH3 is 1. The molecule has 2 rings (SSSR count). The van der Waals surface area contributed by atoms with E-state index in [1.165, 1.54) is 28.7 Å². The molecule has 0 bridgehead atoms. The lowest BCUT2D eigenvalue weighted by atomic mass is 9.63. The monoisotopic (exact) mass is 234 g/mol. The van der Waals surface area contributed by atoms with Gasteiger partial charge >= 0.3 is 0 Å². The molecule has 1 fully saturated rings. The topological polar surface area (TPSA) is 29.5 Å². The summed E-state index contributed by atoms with van der Waals surface area (Å²) in [5.41, 5.74) is 5.00. The zero-order valence-corrected chi connectivity index (χ0v) is 11.3. The van der Waals surface area contributed by atoms with E-state index in [0.717, 1.165) is 18.6 Å². The van der Waals surface area contributed by atoms with Crippen molar-refractivity contribution in [1.29, 1.82) is 0 Å². The lowest BCUT2D eigenvalue weighted by molar-refractivity contribution is 0.119. The highest BCUT2D eigenvalue weighted by Crippen LogP contribution is 2.46. The first-order valence-electron chi connectivity index (χ1n) is 6.32. The predicted molar refractivity (Wildman–Crippen MR) is 69.8 cm³/mol. The Morgan fingerprint density at radius 1 is 1.24 bits per heavy atom. The molecular weight excluding hydrogens is 212 g/mol. The summed E-state index contributed by atoms with van der Waals surface area (Å²) in [6.45, 7) is 6.59. The largest absolute Gasteiger partial charge is 0.496 e. The minimum Gasteiger partial charge on any atom is -0.496 e. The summed E-state index contributed by atoms with van der Waals surface area (Å²) in [5, 5.41) is 9.69. The van der Waals surface area contributed by atoms with Crippen LogP contribution in [-0.2, 0) is 5.41 Å². The molecule has 1 N–H and O–H groups in total. The summed E-state index contributed by atoms with van der Waals surface area (Å²) in [6, 6.07) is 2.20. The van der Waals surface area contributed by atoms with E-state index in [-0.39, 0.29) is 12.0 Å². The van der Waals surface area contributed by atoms with Gasteiger partial charge in [-0.1, -0.05) is 12.5 Å². The highest BCUT2D eigenvalue weighted by atomic mass is 16.5. The van der Waals surface area contributed by atoms with Crippen LogP contribution >= 0.6 is 0 Å². The third kappa shape index (κ3) is 1.75. The Hall–Kier alpha value is -1.02. The smallest absolute Gasteiger partial charge is 0.124 e. The van der Waals surface area contributed by atoms with E-state index in [1.54, 1.807) is 7.11 Å². The quantitative estimate of drug-likeness (QED) is 0.871. The number of aliphatic hydroxyl groups excluding tert-OH is 1. The second kappa shape index (κ2) is 4.34. The highest BCUT2D eigenvalue weighted by molar-refractivity contribution is 5.52. The molecule has 0 aliphatic heterocycles. The van der Waals surface area contributed by atoms with Gasteiger partial charge < -0.3 is 9.84 Å². The summed E-state index contributed by atoms with van der Waals surface area (Å²) in [5.74, 6) is 0.985. The molecule has 2 nitrogen and oxygen atoms in total. The Balaban J connectivity index is 2.56. The average molecular weight is 234 g/mol. The predicted octanol–water partition coefficient (Wildman–Crippen LogP) is 3.03. The first-order valence-corrected chi connectivity index (χ1v) is 6.32. The molecule has 1 aliphatic carbocycles. The zero-order valence-electron chi connectivity index (χ0n) is 11.3. The number of aliphatic hydroxyl groups is 1. The third-order valence-corrected chi connectivity index (χ3v) is 4.41. The van der Waals surface area contributed by atoms with E-state index < -0.39 is 0 Å². The van der Waals surface area contributed by atoms with Crippen molar-refractivity contribution >= 4 is 0 Å². The van der Waals surface area contributed by atoms with Crippen LogP contribution < -0.4 is 4.74 Å². The molecule has 0 amide bonds. The molecule has 0 spiro atoms. The molecule has 1 aromatic rings. The van der Waals surface area contributed by atoms with E-state index in [4.69, 9.17) is 4.74 Å². The summed E-state index contributed by atoms with van der Waals surface area (Å²) in [4.78, 5) is 0. The van der Waals surface area contributed by atoms with Gasteiger partial charge in [-0.05, 0) is 55.9 Å². The number of benzene rings is 1. The van der Waals surface area contributed by atoms with Crippen LogP contribution in [0.1, 0.15) is 41.5 Å². The van der Waals surface area contributed by atoms with Crippen LogP contribution in [0, 0.1) is 20.8 Å². The molecule has 0 saturated heterocycles. The van der Waals surface area contributed by atoms with Crippen molar-refractivity contribution in [3.63, 3.8) is 0 Å². The van der Waals surface area contributed by atoms with E-state index in [2.05, 4.69) is 26.8 Å². The Bertz CT molecular complexity index is 426. The zero-order chi connectivity index (χ0) is 12.6. The average Bonchev–Trinajstić information content (AvgIpc) is 2.25. The van der Waals surface area contributed by atoms with Gasteiger partial charge in [-0.2, -0.15) is 0 Å². The van der Waals surface area contributed by atoms with Crippen LogP contribution in [0.3, 0.4) is 0 Å². The molecule has 94 valence electrons. The van der Waals surface area contributed by atoms with Gasteiger partial charge in [0.25, 0.3) is 0 Å². The van der Waals surface area contributed by atoms with Crippen LogP contribution in [0.5, 0.6) is 5.75 Å². The minimum atomic E-state index is 0.0197. The SMILES string of the molecule is COc1c(C)cc(C2(CO)CCC2)c(C)c1C. The van der Waals surface area contributed by atoms with Gasteiger partial charge in [0.05, 0.1) is 13.7 Å². The van der Waals surface area contributed by atoms with Crippen molar-refractivity contribution in [3.8, 4) is 5.75 Å². The molecule has 0 unspecified atom stereocenters. The minimum absolute atomic E-state index is 0.0197. The standard InChI is InChI=1S/C15H22O2/c1-10-8-13(15(9-16)6-5-7-15)11(2)12(3)14(10)17-4/h8,16H,5-7,9H2,1-4H3. The third-order valence-electron chi connectivity index (χ3n) is 4.41. The molecule has 0 atom stereocenters. The Morgan fingerprint density at radius 3 is 2.29 bits per heavy atom. The molecule has 0 aromatic heterocycles. The van der Waals surface area contributed by atoms with Gasteiger partial charge in [-0.25, -0.2) is 0 Å². The maximum atomic E-state index is 9.69. The molecule has 17 heavy (non-hydrogen) atoms. The van der Waals surface area contributed by atoms with Crippen LogP contribution in [0.2, 0.25) is 0 Å². The fourth-order valence-corrected chi connectivity index (χ4v) is 3.04. The molecule has 0 radical (unpaired) electrons. The van der Waals surface area contributed by atoms with Crippen molar-refractivity contribution in [2.45, 2.75) is 45.4 Å². The maximum absolute atomic E-state index is 9.69. The lowest BCUT2D eigenvalue weighted by Gasteiger charge is -2.42. The van der Waals surface area contributed by atoms with E-state index >= 15 is 0 Å². The van der Waals surface area contributed by atoms with Crippen molar-refractivity contribution in [2.75, 3.05) is 13.7 Å². The Kier molecular flexibility index (Phi) is 3.17. The first kappa shape index (κ1) is 12.4. The summed E-state index contributed by atoms with van der Waals surface area (Å²) in [6.07, 6.45) is 3.44. The van der Waals surface area contributed by atoms with Gasteiger partial charge in [0.15, 0.2) is 0 Å². The van der Waals surface area contributed by atoms with E-state index in [9.17, 15) is 5.11 Å². The van der Waals surface area contributed by atoms with Gasteiger partial charge in [0, 0.05) is 5.41 Å². The number of hydrogen-bond donors (Lipinski definition) is 1. The molecule has 1 aromatic carbocycles. The van der Waals surface area contributed by atoms with E-state index in [0.29, 0.717) is 0 Å². The lowest BCUT2D eigenvalue weighted by Crippen LogP contribution is -2.38. The molecule has 1 saturated carbocycles. The molecular formula is C15H22O2. The van der Waals surface area contributed by atoms with Gasteiger partial charge in [0.2, 0.25) is 0 Å². The van der Waals surface area contributed by atoms with Gasteiger partial charge in [-0.3, -0.25) is 0 Å². The summed E-state index contributed by atoms with van der Waals surface area (Å²) in [7, 11) is 1.72. The second-order valence-electron chi connectivity index (χ2n) is 5.32. The Morgan fingerprint density at radius 2 is 1.88 bits per heavy atom. The van der Waals surface area contributed by atoms with Crippen LogP contribution in [0.15, 0.2) is 6.07 Å². The number of hydrogen-bond acceptors (Lipinski definition) is 2. The first-order chi connectivity index (χ1) is 8.05. The number of aryl methyl sites for hydroxylation is 1. The second-order valence-corrected chi connectivity index (χ2v) is 5.32. The molecule has 1 aliphatic rings.